The molecule has 3 N–H and O–H groups in total. The minimum atomic E-state index is -0.890. The minimum Gasteiger partial charge on any atom is -0.481 e. The quantitative estimate of drug-likeness (QED) is 0.772. The molecule has 0 aromatic rings. The number of piperidine rings is 1. The van der Waals surface area contributed by atoms with E-state index in [9.17, 15) is 14.7 Å². The molecule has 18 heavy (non-hydrogen) atoms. The summed E-state index contributed by atoms with van der Waals surface area (Å²) in [6.45, 7) is 6.25. The van der Waals surface area contributed by atoms with Gasteiger partial charge in [-0.25, -0.2) is 4.79 Å². The van der Waals surface area contributed by atoms with E-state index >= 15 is 0 Å². The van der Waals surface area contributed by atoms with Crippen molar-refractivity contribution in [1.82, 2.24) is 4.90 Å². The van der Waals surface area contributed by atoms with Crippen molar-refractivity contribution in [2.75, 3.05) is 19.6 Å². The maximum atomic E-state index is 11.8. The number of hydrogen-bond acceptors (Lipinski definition) is 4. The molecule has 0 saturated carbocycles. The first-order valence-electron chi connectivity index (χ1n) is 6.12. The highest BCUT2D eigenvalue weighted by Gasteiger charge is 2.41. The Hall–Kier alpha value is -1.30. The molecular formula is C12H22N2O4. The van der Waals surface area contributed by atoms with Crippen molar-refractivity contribution in [3.63, 3.8) is 0 Å². The molecule has 1 saturated heterocycles. The number of nitrogens with two attached hydrogens (primary N) is 1. The molecule has 1 fully saturated rings. The first kappa shape index (κ1) is 14.8. The standard InChI is InChI=1S/C12H22N2O4/c1-11(2,3)18-10(17)14-6-4-12(8-13,5-7-14)9(15)16/h4-8,13H2,1-3H3,(H,15,16). The second-order valence-corrected chi connectivity index (χ2v) is 5.76. The summed E-state index contributed by atoms with van der Waals surface area (Å²) in [7, 11) is 0. The number of carboxylic acids is 1. The molecule has 6 heteroatoms. The maximum absolute atomic E-state index is 11.8. The van der Waals surface area contributed by atoms with Gasteiger partial charge in [0.2, 0.25) is 0 Å². The van der Waals surface area contributed by atoms with E-state index in [0.29, 0.717) is 25.9 Å². The topological polar surface area (TPSA) is 92.9 Å². The van der Waals surface area contributed by atoms with Crippen LogP contribution in [0.4, 0.5) is 4.79 Å². The summed E-state index contributed by atoms with van der Waals surface area (Å²) in [4.78, 5) is 24.5. The van der Waals surface area contributed by atoms with E-state index in [1.54, 1.807) is 25.7 Å². The van der Waals surface area contributed by atoms with Crippen LogP contribution in [0.5, 0.6) is 0 Å². The number of nitrogens with zero attached hydrogens (tertiary/aromatic N) is 1. The molecule has 0 aliphatic carbocycles. The number of hydrogen-bond donors (Lipinski definition) is 2. The van der Waals surface area contributed by atoms with Gasteiger partial charge in [-0.15, -0.1) is 0 Å². The van der Waals surface area contributed by atoms with Crippen molar-refractivity contribution >= 4 is 12.1 Å². The lowest BCUT2D eigenvalue weighted by Gasteiger charge is -2.38. The Morgan fingerprint density at radius 1 is 1.33 bits per heavy atom. The van der Waals surface area contributed by atoms with E-state index in [0.717, 1.165) is 0 Å². The molecule has 1 aliphatic rings. The van der Waals surface area contributed by atoms with Gasteiger partial charge in [0.05, 0.1) is 5.41 Å². The molecule has 0 bridgehead atoms. The van der Waals surface area contributed by atoms with Gasteiger partial charge >= 0.3 is 12.1 Å². The molecule has 0 radical (unpaired) electrons. The van der Waals surface area contributed by atoms with Crippen molar-refractivity contribution in [2.45, 2.75) is 39.2 Å². The van der Waals surface area contributed by atoms with E-state index < -0.39 is 23.1 Å². The SMILES string of the molecule is CC(C)(C)OC(=O)N1CCC(CN)(C(=O)O)CC1. The second kappa shape index (κ2) is 5.14. The number of amides is 1. The van der Waals surface area contributed by atoms with Gasteiger partial charge in [-0.3, -0.25) is 4.79 Å². The molecule has 104 valence electrons. The Morgan fingerprint density at radius 2 is 1.83 bits per heavy atom. The Labute approximate surface area is 107 Å². The smallest absolute Gasteiger partial charge is 0.410 e. The lowest BCUT2D eigenvalue weighted by Crippen LogP contribution is -2.50. The third-order valence-electron chi connectivity index (χ3n) is 3.22. The Kier molecular flexibility index (Phi) is 4.21. The number of aliphatic carboxylic acids is 1. The van der Waals surface area contributed by atoms with Crippen molar-refractivity contribution in [3.8, 4) is 0 Å². The summed E-state index contributed by atoms with van der Waals surface area (Å²) in [6.07, 6.45) is 0.356. The summed E-state index contributed by atoms with van der Waals surface area (Å²) in [5, 5.41) is 9.19. The van der Waals surface area contributed by atoms with Gasteiger partial charge in [0, 0.05) is 19.6 Å². The molecule has 1 rings (SSSR count). The first-order chi connectivity index (χ1) is 8.20. The van der Waals surface area contributed by atoms with Crippen LogP contribution in [0.3, 0.4) is 0 Å². The fraction of sp³-hybridized carbons (Fsp3) is 0.833. The van der Waals surface area contributed by atoms with Gasteiger partial charge in [0.1, 0.15) is 5.60 Å². The van der Waals surface area contributed by atoms with Crippen LogP contribution in [0.1, 0.15) is 33.6 Å². The molecule has 6 nitrogen and oxygen atoms in total. The Bertz CT molecular complexity index is 327. The molecule has 0 atom stereocenters. The van der Waals surface area contributed by atoms with Gasteiger partial charge in [0.15, 0.2) is 0 Å². The van der Waals surface area contributed by atoms with E-state index in [-0.39, 0.29) is 6.54 Å². The Balaban J connectivity index is 2.58. The van der Waals surface area contributed by atoms with Crippen LogP contribution in [0.15, 0.2) is 0 Å². The average molecular weight is 258 g/mol. The summed E-state index contributed by atoms with van der Waals surface area (Å²) in [5.41, 5.74) is 4.12. The van der Waals surface area contributed by atoms with Crippen LogP contribution in [0.2, 0.25) is 0 Å². The van der Waals surface area contributed by atoms with Gasteiger partial charge < -0.3 is 20.5 Å². The molecule has 1 amide bonds. The van der Waals surface area contributed by atoms with Crippen molar-refractivity contribution in [2.24, 2.45) is 11.1 Å². The third kappa shape index (κ3) is 3.35. The van der Waals surface area contributed by atoms with E-state index in [1.165, 1.54) is 0 Å². The fourth-order valence-corrected chi connectivity index (χ4v) is 1.95. The normalized spacial score (nSPS) is 19.4. The van der Waals surface area contributed by atoms with Crippen LogP contribution in [-0.2, 0) is 9.53 Å². The summed E-state index contributed by atoms with van der Waals surface area (Å²) in [6, 6.07) is 0. The number of ether oxygens (including phenoxy) is 1. The first-order valence-corrected chi connectivity index (χ1v) is 6.12. The Morgan fingerprint density at radius 3 is 2.17 bits per heavy atom. The van der Waals surface area contributed by atoms with Gasteiger partial charge in [0.25, 0.3) is 0 Å². The molecule has 0 spiro atoms. The highest BCUT2D eigenvalue weighted by Crippen LogP contribution is 2.31. The molecule has 0 aromatic carbocycles. The van der Waals surface area contributed by atoms with E-state index in [4.69, 9.17) is 10.5 Å². The van der Waals surface area contributed by atoms with E-state index in [1.807, 2.05) is 0 Å². The molecule has 1 aliphatic heterocycles. The monoisotopic (exact) mass is 258 g/mol. The van der Waals surface area contributed by atoms with Crippen LogP contribution >= 0.6 is 0 Å². The van der Waals surface area contributed by atoms with Crippen molar-refractivity contribution in [3.05, 3.63) is 0 Å². The number of carboxylic acid groups (broad SMARTS) is 1. The minimum absolute atomic E-state index is 0.102. The number of carbonyl (C=O) groups is 2. The van der Waals surface area contributed by atoms with Crippen molar-refractivity contribution in [1.29, 1.82) is 0 Å². The second-order valence-electron chi connectivity index (χ2n) is 5.76. The predicted octanol–water partition coefficient (Wildman–Crippen LogP) is 1.05. The maximum Gasteiger partial charge on any atom is 0.410 e. The van der Waals surface area contributed by atoms with Crippen LogP contribution in [-0.4, -0.2) is 47.3 Å². The molecule has 0 unspecified atom stereocenters. The number of carbonyl (C=O) groups excluding carboxylic acids is 1. The third-order valence-corrected chi connectivity index (χ3v) is 3.22. The van der Waals surface area contributed by atoms with Crippen LogP contribution in [0.25, 0.3) is 0 Å². The highest BCUT2D eigenvalue weighted by atomic mass is 16.6. The molecule has 0 aromatic heterocycles. The zero-order chi connectivity index (χ0) is 14.0. The van der Waals surface area contributed by atoms with Gasteiger partial charge in [-0.1, -0.05) is 0 Å². The summed E-state index contributed by atoms with van der Waals surface area (Å²) in [5.74, 6) is -0.881. The van der Waals surface area contributed by atoms with Crippen molar-refractivity contribution < 1.29 is 19.4 Å². The molecule has 1 heterocycles. The largest absolute Gasteiger partial charge is 0.481 e. The number of rotatable bonds is 2. The molecular weight excluding hydrogens is 236 g/mol. The average Bonchev–Trinajstić information content (AvgIpc) is 2.26. The fourth-order valence-electron chi connectivity index (χ4n) is 1.95. The zero-order valence-electron chi connectivity index (χ0n) is 11.2. The summed E-state index contributed by atoms with van der Waals surface area (Å²) < 4.78 is 5.25. The highest BCUT2D eigenvalue weighted by molar-refractivity contribution is 5.76. The van der Waals surface area contributed by atoms with Crippen LogP contribution in [0, 0.1) is 5.41 Å². The predicted molar refractivity (Wildman–Crippen MR) is 66.2 cm³/mol. The lowest BCUT2D eigenvalue weighted by atomic mass is 9.78. The van der Waals surface area contributed by atoms with Gasteiger partial charge in [-0.2, -0.15) is 0 Å². The summed E-state index contributed by atoms with van der Waals surface area (Å²) >= 11 is 0. The zero-order valence-corrected chi connectivity index (χ0v) is 11.2. The van der Waals surface area contributed by atoms with Gasteiger partial charge in [-0.05, 0) is 33.6 Å². The van der Waals surface area contributed by atoms with E-state index in [2.05, 4.69) is 0 Å². The van der Waals surface area contributed by atoms with Crippen LogP contribution < -0.4 is 5.73 Å². The number of likely N-dealkylation sites (tertiary alicyclic amines) is 1. The lowest BCUT2D eigenvalue weighted by molar-refractivity contribution is -0.151.